The van der Waals surface area contributed by atoms with Crippen LogP contribution in [0.25, 0.3) is 0 Å². The van der Waals surface area contributed by atoms with Gasteiger partial charge >= 0.3 is 5.97 Å². The molecule has 2 aromatic rings. The number of hydrogen-bond donors (Lipinski definition) is 0. The summed E-state index contributed by atoms with van der Waals surface area (Å²) >= 11 is 3.23. The first-order valence-corrected chi connectivity index (χ1v) is 7.98. The van der Waals surface area contributed by atoms with Crippen molar-refractivity contribution < 1.29 is 13.9 Å². The molecule has 0 spiro atoms. The Balaban J connectivity index is 1.92. The number of hydrogen-bond acceptors (Lipinski definition) is 5. The summed E-state index contributed by atoms with van der Waals surface area (Å²) in [5.41, 5.74) is 0.0542. The van der Waals surface area contributed by atoms with Crippen molar-refractivity contribution in [3.63, 3.8) is 0 Å². The van der Waals surface area contributed by atoms with Crippen LogP contribution in [0.3, 0.4) is 0 Å². The molecule has 0 saturated carbocycles. The maximum atomic E-state index is 13.5. The van der Waals surface area contributed by atoms with Crippen molar-refractivity contribution in [2.24, 2.45) is 5.41 Å². The lowest BCUT2D eigenvalue weighted by atomic mass is 9.97. The molecule has 2 unspecified atom stereocenters. The number of esters is 1. The first-order chi connectivity index (χ1) is 10.8. The molecular weight excluding hydrogens is 367 g/mol. The van der Waals surface area contributed by atoms with Crippen molar-refractivity contribution in [1.82, 2.24) is 19.7 Å². The number of fused-ring (bicyclic) bond motifs is 1. The third-order valence-corrected chi connectivity index (χ3v) is 3.96. The maximum Gasteiger partial charge on any atom is 0.311 e. The van der Waals surface area contributed by atoms with Gasteiger partial charge in [0.25, 0.3) is 0 Å². The molecule has 23 heavy (non-hydrogen) atoms. The molecule has 8 heteroatoms. The van der Waals surface area contributed by atoms with E-state index in [0.717, 1.165) is 6.20 Å². The lowest BCUT2D eigenvalue weighted by Crippen LogP contribution is -2.24. The van der Waals surface area contributed by atoms with Crippen LogP contribution < -0.4 is 0 Å². The quantitative estimate of drug-likeness (QED) is 0.745. The van der Waals surface area contributed by atoms with E-state index in [4.69, 9.17) is 4.74 Å². The number of aromatic nitrogens is 4. The Morgan fingerprint density at radius 3 is 2.83 bits per heavy atom. The fraction of sp³-hybridized carbons (Fsp3) is 0.467. The number of ether oxygens (including phenoxy) is 1. The highest BCUT2D eigenvalue weighted by molar-refractivity contribution is 9.10. The van der Waals surface area contributed by atoms with E-state index in [9.17, 15) is 9.18 Å². The van der Waals surface area contributed by atoms with Crippen LogP contribution in [0, 0.1) is 11.2 Å². The van der Waals surface area contributed by atoms with Crippen LogP contribution in [0.1, 0.15) is 50.7 Å². The Morgan fingerprint density at radius 2 is 2.17 bits per heavy atom. The molecule has 6 nitrogen and oxygen atoms in total. The van der Waals surface area contributed by atoms with Crippen LogP contribution >= 0.6 is 15.9 Å². The summed E-state index contributed by atoms with van der Waals surface area (Å²) in [5.74, 6) is -0.187. The highest BCUT2D eigenvalue weighted by Crippen LogP contribution is 2.40. The molecule has 0 fully saturated rings. The van der Waals surface area contributed by atoms with Crippen LogP contribution in [0.4, 0.5) is 4.39 Å². The first-order valence-electron chi connectivity index (χ1n) is 7.19. The van der Waals surface area contributed by atoms with Gasteiger partial charge < -0.3 is 4.74 Å². The molecule has 0 amide bonds. The van der Waals surface area contributed by atoms with Gasteiger partial charge in [-0.3, -0.25) is 9.78 Å². The van der Waals surface area contributed by atoms with E-state index >= 15 is 0 Å². The molecule has 2 atom stereocenters. The molecule has 0 saturated heterocycles. The maximum absolute atomic E-state index is 13.5. The predicted octanol–water partition coefficient (Wildman–Crippen LogP) is 3.20. The molecule has 1 aliphatic heterocycles. The fourth-order valence-electron chi connectivity index (χ4n) is 2.46. The van der Waals surface area contributed by atoms with Gasteiger partial charge in [-0.1, -0.05) is 0 Å². The van der Waals surface area contributed by atoms with Gasteiger partial charge in [-0.15, -0.1) is 5.10 Å². The molecule has 0 bridgehead atoms. The normalized spacial score (nSPS) is 20.4. The van der Waals surface area contributed by atoms with Crippen LogP contribution in [-0.2, 0) is 9.53 Å². The van der Waals surface area contributed by atoms with Crippen molar-refractivity contribution in [2.45, 2.75) is 39.3 Å². The van der Waals surface area contributed by atoms with Gasteiger partial charge in [-0.2, -0.15) is 0 Å². The Bertz CT molecular complexity index is 756. The smallest absolute Gasteiger partial charge is 0.311 e. The highest BCUT2D eigenvalue weighted by atomic mass is 79.9. The monoisotopic (exact) mass is 382 g/mol. The summed E-state index contributed by atoms with van der Waals surface area (Å²) in [6.45, 7) is 5.37. The molecule has 1 aliphatic rings. The molecule has 3 rings (SSSR count). The van der Waals surface area contributed by atoms with Gasteiger partial charge in [-0.25, -0.2) is 14.1 Å². The number of carbonyl (C=O) groups is 1. The summed E-state index contributed by atoms with van der Waals surface area (Å²) in [6, 6.07) is 1.13. The second-order valence-corrected chi connectivity index (χ2v) is 7.22. The Kier molecular flexibility index (Phi) is 3.95. The number of rotatable bonds is 2. The Labute approximate surface area is 141 Å². The molecule has 3 heterocycles. The molecule has 2 aromatic heterocycles. The lowest BCUT2D eigenvalue weighted by molar-refractivity contribution is -0.159. The summed E-state index contributed by atoms with van der Waals surface area (Å²) in [4.78, 5) is 20.3. The van der Waals surface area contributed by atoms with Crippen molar-refractivity contribution in [3.8, 4) is 0 Å². The summed E-state index contributed by atoms with van der Waals surface area (Å²) in [7, 11) is 0. The molecular formula is C15H16BrFN4O2. The van der Waals surface area contributed by atoms with Crippen LogP contribution in [0.15, 0.2) is 23.2 Å². The summed E-state index contributed by atoms with van der Waals surface area (Å²) < 4.78 is 21.1. The Morgan fingerprint density at radius 1 is 1.43 bits per heavy atom. The minimum atomic E-state index is -0.611. The van der Waals surface area contributed by atoms with Crippen molar-refractivity contribution >= 4 is 21.9 Å². The largest absolute Gasteiger partial charge is 0.454 e. The number of halogens is 2. The van der Waals surface area contributed by atoms with Crippen LogP contribution in [0.5, 0.6) is 0 Å². The zero-order valence-electron chi connectivity index (χ0n) is 13.0. The number of carbonyl (C=O) groups excluding carboxylic acids is 1. The molecule has 0 N–H and O–H groups in total. The molecule has 0 radical (unpaired) electrons. The molecule has 0 aromatic carbocycles. The van der Waals surface area contributed by atoms with E-state index in [1.807, 2.05) is 0 Å². The van der Waals surface area contributed by atoms with Crippen molar-refractivity contribution in [3.05, 3.63) is 40.4 Å². The second kappa shape index (κ2) is 5.67. The van der Waals surface area contributed by atoms with Gasteiger partial charge in [0, 0.05) is 12.6 Å². The first kappa shape index (κ1) is 16.0. The molecule has 122 valence electrons. The van der Waals surface area contributed by atoms with Gasteiger partial charge in [0.1, 0.15) is 5.82 Å². The Hall–Kier alpha value is -1.83. The predicted molar refractivity (Wildman–Crippen MR) is 83.0 cm³/mol. The van der Waals surface area contributed by atoms with E-state index < -0.39 is 17.3 Å². The van der Waals surface area contributed by atoms with Gasteiger partial charge in [0.2, 0.25) is 4.73 Å². The average molecular weight is 383 g/mol. The minimum Gasteiger partial charge on any atom is -0.454 e. The van der Waals surface area contributed by atoms with Crippen LogP contribution in [0.2, 0.25) is 0 Å². The second-order valence-electron chi connectivity index (χ2n) is 6.52. The van der Waals surface area contributed by atoms with E-state index in [1.54, 1.807) is 31.6 Å². The van der Waals surface area contributed by atoms with Crippen molar-refractivity contribution in [2.75, 3.05) is 0 Å². The van der Waals surface area contributed by atoms with Crippen LogP contribution in [-0.4, -0.2) is 25.7 Å². The third kappa shape index (κ3) is 3.12. The minimum absolute atomic E-state index is 0.273. The van der Waals surface area contributed by atoms with E-state index in [-0.39, 0.29) is 12.0 Å². The van der Waals surface area contributed by atoms with E-state index in [2.05, 4.69) is 31.0 Å². The van der Waals surface area contributed by atoms with Gasteiger partial charge in [-0.05, 0) is 48.3 Å². The topological polar surface area (TPSA) is 69.9 Å². The summed E-state index contributed by atoms with van der Waals surface area (Å²) in [5, 5.41) is 4.28. The average Bonchev–Trinajstić information content (AvgIpc) is 2.96. The molecule has 0 aliphatic carbocycles. The summed E-state index contributed by atoms with van der Waals surface area (Å²) in [6.07, 6.45) is 2.67. The van der Waals surface area contributed by atoms with E-state index in [1.165, 1.54) is 6.07 Å². The highest BCUT2D eigenvalue weighted by Gasteiger charge is 2.39. The zero-order chi connectivity index (χ0) is 16.8. The lowest BCUT2D eigenvalue weighted by Gasteiger charge is -2.20. The SMILES string of the molecule is CC(C)(C)C(=O)OC1CC(c2cncc(F)c2)n2nc(Br)nc21. The van der Waals surface area contributed by atoms with E-state index in [0.29, 0.717) is 22.5 Å². The van der Waals surface area contributed by atoms with Gasteiger partial charge in [0.15, 0.2) is 11.9 Å². The zero-order valence-corrected chi connectivity index (χ0v) is 14.5. The van der Waals surface area contributed by atoms with Crippen molar-refractivity contribution in [1.29, 1.82) is 0 Å². The number of nitrogens with zero attached hydrogens (tertiary/aromatic N) is 4. The fourth-order valence-corrected chi connectivity index (χ4v) is 2.81. The number of pyridine rings is 1. The standard InChI is InChI=1S/C15H16BrFN4O2/c1-15(2,3)13(22)23-11-5-10(8-4-9(17)7-18-6-8)21-12(11)19-14(16)20-21/h4,6-7,10-11H,5H2,1-3H3. The van der Waals surface area contributed by atoms with Gasteiger partial charge in [0.05, 0.1) is 17.7 Å². The third-order valence-electron chi connectivity index (χ3n) is 3.62.